The standard InChI is InChI=1S/C27H38N2O7/c1-6-33-26(31)36-24-23(22-19(3)15-18(2)16-20(22)4)25(30)29(35-17-21-9-7-8-14-34-21)27(24)10-12-28(32-5)13-11-27/h15-16,21H,6-14,17H2,1-5H3. The van der Waals surface area contributed by atoms with Gasteiger partial charge in [-0.25, -0.2) is 9.86 Å². The summed E-state index contributed by atoms with van der Waals surface area (Å²) >= 11 is 0. The van der Waals surface area contributed by atoms with E-state index in [0.717, 1.165) is 41.5 Å². The first-order chi connectivity index (χ1) is 17.3. The van der Waals surface area contributed by atoms with E-state index in [1.165, 1.54) is 5.06 Å². The molecule has 1 spiro atoms. The summed E-state index contributed by atoms with van der Waals surface area (Å²) in [5.74, 6) is -0.0210. The van der Waals surface area contributed by atoms with Crippen molar-refractivity contribution in [3.63, 3.8) is 0 Å². The van der Waals surface area contributed by atoms with Crippen molar-refractivity contribution in [2.45, 2.75) is 71.4 Å². The molecule has 9 heteroatoms. The van der Waals surface area contributed by atoms with E-state index in [9.17, 15) is 9.59 Å². The molecule has 0 bridgehead atoms. The largest absolute Gasteiger partial charge is 0.513 e. The molecular weight excluding hydrogens is 464 g/mol. The monoisotopic (exact) mass is 502 g/mol. The van der Waals surface area contributed by atoms with Gasteiger partial charge in [-0.2, -0.15) is 5.06 Å². The smallest absolute Gasteiger partial charge is 0.434 e. The molecule has 1 atom stereocenters. The summed E-state index contributed by atoms with van der Waals surface area (Å²) in [4.78, 5) is 38.5. The third kappa shape index (κ3) is 5.16. The topological polar surface area (TPSA) is 86.8 Å². The summed E-state index contributed by atoms with van der Waals surface area (Å²) in [6.45, 7) is 9.88. The first-order valence-electron chi connectivity index (χ1n) is 12.9. The molecule has 198 valence electrons. The van der Waals surface area contributed by atoms with E-state index in [1.807, 2.05) is 38.0 Å². The predicted octanol–water partition coefficient (Wildman–Crippen LogP) is 4.23. The molecule has 1 aromatic carbocycles. The Morgan fingerprint density at radius 1 is 1.14 bits per heavy atom. The van der Waals surface area contributed by atoms with Gasteiger partial charge in [-0.05, 0) is 76.5 Å². The lowest BCUT2D eigenvalue weighted by atomic mass is 9.84. The average Bonchev–Trinajstić information content (AvgIpc) is 3.05. The minimum absolute atomic E-state index is 0.0796. The van der Waals surface area contributed by atoms with E-state index in [-0.39, 0.29) is 25.2 Å². The second-order valence-electron chi connectivity index (χ2n) is 9.79. The van der Waals surface area contributed by atoms with Crippen LogP contribution in [0.2, 0.25) is 0 Å². The van der Waals surface area contributed by atoms with Crippen LogP contribution in [0.25, 0.3) is 5.57 Å². The SMILES string of the molecule is CCOC(=O)OC1=C(c2c(C)cc(C)cc2C)C(=O)N(OCC2CCCCO2)C12CCN(OC)CC2. The quantitative estimate of drug-likeness (QED) is 0.512. The number of carbonyl (C=O) groups is 2. The van der Waals surface area contributed by atoms with Crippen LogP contribution in [-0.2, 0) is 28.7 Å². The predicted molar refractivity (Wildman–Crippen MR) is 133 cm³/mol. The molecular formula is C27H38N2O7. The van der Waals surface area contributed by atoms with Crippen LogP contribution in [0.1, 0.15) is 61.3 Å². The summed E-state index contributed by atoms with van der Waals surface area (Å²) < 4.78 is 16.9. The van der Waals surface area contributed by atoms with Crippen molar-refractivity contribution in [1.82, 2.24) is 10.1 Å². The molecule has 0 saturated carbocycles. The number of hydrogen-bond acceptors (Lipinski definition) is 8. The molecule has 36 heavy (non-hydrogen) atoms. The number of rotatable bonds is 7. The van der Waals surface area contributed by atoms with E-state index in [1.54, 1.807) is 14.0 Å². The minimum Gasteiger partial charge on any atom is -0.434 e. The van der Waals surface area contributed by atoms with Crippen molar-refractivity contribution >= 4 is 17.6 Å². The van der Waals surface area contributed by atoms with E-state index in [0.29, 0.717) is 43.9 Å². The Balaban J connectivity index is 1.80. The van der Waals surface area contributed by atoms with E-state index >= 15 is 0 Å². The Morgan fingerprint density at radius 3 is 2.42 bits per heavy atom. The third-order valence-electron chi connectivity index (χ3n) is 7.28. The Labute approximate surface area is 213 Å². The fourth-order valence-electron chi connectivity index (χ4n) is 5.64. The number of piperidine rings is 1. The second-order valence-corrected chi connectivity index (χ2v) is 9.79. The third-order valence-corrected chi connectivity index (χ3v) is 7.28. The number of benzene rings is 1. The number of ether oxygens (including phenoxy) is 3. The molecule has 1 aromatic rings. The fraction of sp³-hybridized carbons (Fsp3) is 0.630. The Bertz CT molecular complexity index is 984. The van der Waals surface area contributed by atoms with Gasteiger partial charge in [0.2, 0.25) is 0 Å². The van der Waals surface area contributed by atoms with E-state index < -0.39 is 11.7 Å². The lowest BCUT2D eigenvalue weighted by Gasteiger charge is -2.43. The van der Waals surface area contributed by atoms with Gasteiger partial charge in [0.05, 0.1) is 25.4 Å². The highest BCUT2D eigenvalue weighted by Gasteiger charge is 2.57. The zero-order valence-corrected chi connectivity index (χ0v) is 22.1. The number of amides is 1. The van der Waals surface area contributed by atoms with Crippen molar-refractivity contribution < 1.29 is 33.5 Å². The lowest BCUT2D eigenvalue weighted by Crippen LogP contribution is -2.55. The van der Waals surface area contributed by atoms with Crippen LogP contribution >= 0.6 is 0 Å². The van der Waals surface area contributed by atoms with Crippen LogP contribution in [-0.4, -0.2) is 73.9 Å². The number of carbonyl (C=O) groups excluding carboxylic acids is 2. The van der Waals surface area contributed by atoms with E-state index in [2.05, 4.69) is 0 Å². The van der Waals surface area contributed by atoms with Gasteiger partial charge in [-0.1, -0.05) is 17.7 Å². The highest BCUT2D eigenvalue weighted by molar-refractivity contribution is 6.23. The molecule has 2 fully saturated rings. The Kier molecular flexibility index (Phi) is 8.34. The average molecular weight is 503 g/mol. The lowest BCUT2D eigenvalue weighted by molar-refractivity contribution is -0.243. The fourth-order valence-corrected chi connectivity index (χ4v) is 5.64. The minimum atomic E-state index is -0.966. The van der Waals surface area contributed by atoms with Crippen LogP contribution in [0, 0.1) is 20.8 Å². The number of aryl methyl sites for hydroxylation is 3. The van der Waals surface area contributed by atoms with E-state index in [4.69, 9.17) is 23.9 Å². The van der Waals surface area contributed by atoms with Gasteiger partial charge < -0.3 is 19.0 Å². The molecule has 3 aliphatic rings. The highest BCUT2D eigenvalue weighted by Crippen LogP contribution is 2.48. The summed E-state index contributed by atoms with van der Waals surface area (Å²) in [5.41, 5.74) is 3.11. The highest BCUT2D eigenvalue weighted by atomic mass is 16.7. The molecule has 3 aliphatic heterocycles. The zero-order chi connectivity index (χ0) is 25.9. The molecule has 1 unspecified atom stereocenters. The molecule has 3 heterocycles. The first kappa shape index (κ1) is 26.6. The maximum absolute atomic E-state index is 14.2. The van der Waals surface area contributed by atoms with Crippen molar-refractivity contribution in [2.75, 3.05) is 40.0 Å². The van der Waals surface area contributed by atoms with Crippen molar-refractivity contribution in [3.05, 3.63) is 40.1 Å². The first-order valence-corrected chi connectivity index (χ1v) is 12.9. The Hall–Kier alpha value is -2.46. The molecule has 4 rings (SSSR count). The molecule has 0 N–H and O–H groups in total. The van der Waals surface area contributed by atoms with Crippen molar-refractivity contribution in [3.8, 4) is 0 Å². The summed E-state index contributed by atoms with van der Waals surface area (Å²) in [6.07, 6.45) is 3.02. The second kappa shape index (κ2) is 11.3. The van der Waals surface area contributed by atoms with Crippen molar-refractivity contribution in [1.29, 1.82) is 0 Å². The molecule has 0 radical (unpaired) electrons. The number of hydrogen-bond donors (Lipinski definition) is 0. The van der Waals surface area contributed by atoms with Gasteiger partial charge in [0.15, 0.2) is 5.76 Å². The molecule has 9 nitrogen and oxygen atoms in total. The van der Waals surface area contributed by atoms with Crippen LogP contribution in [0.4, 0.5) is 4.79 Å². The molecule has 0 aromatic heterocycles. The van der Waals surface area contributed by atoms with Crippen LogP contribution < -0.4 is 0 Å². The van der Waals surface area contributed by atoms with Gasteiger partial charge in [0, 0.05) is 19.7 Å². The number of hydroxylamine groups is 4. The molecule has 1 amide bonds. The zero-order valence-electron chi connectivity index (χ0n) is 22.1. The van der Waals surface area contributed by atoms with Crippen LogP contribution in [0.3, 0.4) is 0 Å². The van der Waals surface area contributed by atoms with Crippen LogP contribution in [0.5, 0.6) is 0 Å². The maximum Gasteiger partial charge on any atom is 0.513 e. The normalized spacial score (nSPS) is 22.4. The summed E-state index contributed by atoms with van der Waals surface area (Å²) in [6, 6.07) is 4.06. The van der Waals surface area contributed by atoms with Gasteiger partial charge in [0.1, 0.15) is 12.1 Å². The summed E-state index contributed by atoms with van der Waals surface area (Å²) in [5, 5.41) is 3.28. The van der Waals surface area contributed by atoms with Gasteiger partial charge >= 0.3 is 6.16 Å². The van der Waals surface area contributed by atoms with Crippen LogP contribution in [0.15, 0.2) is 17.9 Å². The van der Waals surface area contributed by atoms with Gasteiger partial charge in [-0.3, -0.25) is 9.63 Å². The maximum atomic E-state index is 14.2. The number of nitrogens with zero attached hydrogens (tertiary/aromatic N) is 2. The Morgan fingerprint density at radius 2 is 1.83 bits per heavy atom. The molecule has 0 aliphatic carbocycles. The molecule has 2 saturated heterocycles. The summed E-state index contributed by atoms with van der Waals surface area (Å²) in [7, 11) is 1.63. The van der Waals surface area contributed by atoms with Gasteiger partial charge in [-0.15, -0.1) is 0 Å². The van der Waals surface area contributed by atoms with Crippen molar-refractivity contribution in [2.24, 2.45) is 0 Å². The van der Waals surface area contributed by atoms with Gasteiger partial charge in [0.25, 0.3) is 5.91 Å².